The van der Waals surface area contributed by atoms with Crippen LogP contribution in [0.1, 0.15) is 10.4 Å². The third kappa shape index (κ3) is 1.40. The highest BCUT2D eigenvalue weighted by molar-refractivity contribution is 6.04. The second-order valence-corrected chi connectivity index (χ2v) is 3.17. The van der Waals surface area contributed by atoms with E-state index in [0.29, 0.717) is 0 Å². The highest BCUT2D eigenvalue weighted by atomic mass is 19.1. The summed E-state index contributed by atoms with van der Waals surface area (Å²) >= 11 is 0. The number of nitrogens with one attached hydrogen (secondary N) is 1. The van der Waals surface area contributed by atoms with Gasteiger partial charge in [-0.2, -0.15) is 0 Å². The van der Waals surface area contributed by atoms with Crippen molar-refractivity contribution in [3.63, 3.8) is 0 Å². The third-order valence-corrected chi connectivity index (χ3v) is 2.16. The van der Waals surface area contributed by atoms with Gasteiger partial charge in [-0.1, -0.05) is 0 Å². The molecule has 0 aliphatic carbocycles. The van der Waals surface area contributed by atoms with Crippen molar-refractivity contribution in [1.29, 1.82) is 0 Å². The number of rotatable bonds is 1. The number of aromatic amines is 1. The Bertz CT molecular complexity index is 647. The second-order valence-electron chi connectivity index (χ2n) is 3.17. The minimum Gasteiger partial charge on any atom is -0.502 e. The van der Waals surface area contributed by atoms with Crippen molar-refractivity contribution in [3.05, 3.63) is 39.9 Å². The van der Waals surface area contributed by atoms with Crippen LogP contribution in [0.5, 0.6) is 5.75 Å². The summed E-state index contributed by atoms with van der Waals surface area (Å²) in [6.45, 7) is 0. The van der Waals surface area contributed by atoms with Gasteiger partial charge in [0.1, 0.15) is 11.4 Å². The topological polar surface area (TPSA) is 90.4 Å². The average molecular weight is 223 g/mol. The van der Waals surface area contributed by atoms with Crippen LogP contribution in [0, 0.1) is 5.82 Å². The molecule has 0 saturated heterocycles. The number of carboxylic acid groups (broad SMARTS) is 1. The molecule has 1 aromatic heterocycles. The van der Waals surface area contributed by atoms with Gasteiger partial charge in [0.25, 0.3) is 5.56 Å². The largest absolute Gasteiger partial charge is 0.502 e. The van der Waals surface area contributed by atoms with E-state index in [2.05, 4.69) is 4.98 Å². The quantitative estimate of drug-likeness (QED) is 0.674. The van der Waals surface area contributed by atoms with Crippen molar-refractivity contribution >= 4 is 16.9 Å². The molecule has 0 spiro atoms. The van der Waals surface area contributed by atoms with Crippen molar-refractivity contribution in [2.24, 2.45) is 0 Å². The molecule has 2 aromatic rings. The summed E-state index contributed by atoms with van der Waals surface area (Å²) in [5, 5.41) is 18.1. The molecule has 0 aliphatic rings. The number of aromatic hydroxyl groups is 1. The summed E-state index contributed by atoms with van der Waals surface area (Å²) in [6, 6.07) is 3.26. The van der Waals surface area contributed by atoms with E-state index in [1.165, 1.54) is 6.07 Å². The SMILES string of the molecule is O=C(O)c1c(O)c(=O)[nH]c2ccc(F)cc12. The zero-order valence-electron chi connectivity index (χ0n) is 7.82. The first kappa shape index (κ1) is 10.2. The van der Waals surface area contributed by atoms with Crippen LogP contribution < -0.4 is 5.56 Å². The average Bonchev–Trinajstić information content (AvgIpc) is 2.20. The van der Waals surface area contributed by atoms with Crippen LogP contribution >= 0.6 is 0 Å². The number of halogens is 1. The van der Waals surface area contributed by atoms with Gasteiger partial charge in [0.2, 0.25) is 0 Å². The fraction of sp³-hybridized carbons (Fsp3) is 0. The number of carbonyl (C=O) groups is 1. The molecule has 5 nitrogen and oxygen atoms in total. The number of pyridine rings is 1. The molecule has 16 heavy (non-hydrogen) atoms. The lowest BCUT2D eigenvalue weighted by atomic mass is 10.1. The molecule has 2 rings (SSSR count). The number of fused-ring (bicyclic) bond motifs is 1. The number of carboxylic acids is 1. The molecular formula is C10H6FNO4. The van der Waals surface area contributed by atoms with Crippen LogP contribution in [-0.4, -0.2) is 21.2 Å². The molecule has 0 bridgehead atoms. The van der Waals surface area contributed by atoms with Crippen molar-refractivity contribution in [3.8, 4) is 5.75 Å². The van der Waals surface area contributed by atoms with Gasteiger partial charge < -0.3 is 15.2 Å². The van der Waals surface area contributed by atoms with Gasteiger partial charge in [-0.15, -0.1) is 0 Å². The van der Waals surface area contributed by atoms with Gasteiger partial charge in [0.05, 0.1) is 0 Å². The molecule has 6 heteroatoms. The van der Waals surface area contributed by atoms with Crippen molar-refractivity contribution in [2.75, 3.05) is 0 Å². The Morgan fingerprint density at radius 1 is 1.38 bits per heavy atom. The molecule has 0 amide bonds. The van der Waals surface area contributed by atoms with Crippen LogP contribution in [0.2, 0.25) is 0 Å². The van der Waals surface area contributed by atoms with Crippen molar-refractivity contribution in [2.45, 2.75) is 0 Å². The van der Waals surface area contributed by atoms with Gasteiger partial charge in [0, 0.05) is 10.9 Å². The number of hydrogen-bond acceptors (Lipinski definition) is 3. The first-order valence-corrected chi connectivity index (χ1v) is 4.28. The maximum atomic E-state index is 12.9. The predicted molar refractivity (Wildman–Crippen MR) is 53.2 cm³/mol. The maximum absolute atomic E-state index is 12.9. The van der Waals surface area contributed by atoms with Gasteiger partial charge >= 0.3 is 5.97 Å². The molecule has 0 saturated carbocycles. The van der Waals surface area contributed by atoms with E-state index in [0.717, 1.165) is 12.1 Å². The van der Waals surface area contributed by atoms with Crippen molar-refractivity contribution in [1.82, 2.24) is 4.98 Å². The van der Waals surface area contributed by atoms with E-state index in [1.807, 2.05) is 0 Å². The zero-order valence-corrected chi connectivity index (χ0v) is 7.82. The molecule has 82 valence electrons. The lowest BCUT2D eigenvalue weighted by Crippen LogP contribution is -2.11. The summed E-state index contributed by atoms with van der Waals surface area (Å²) in [4.78, 5) is 24.3. The Hall–Kier alpha value is -2.37. The minimum atomic E-state index is -1.49. The second kappa shape index (κ2) is 3.34. The number of hydrogen-bond donors (Lipinski definition) is 3. The van der Waals surface area contributed by atoms with E-state index in [1.54, 1.807) is 0 Å². The van der Waals surface area contributed by atoms with Crippen molar-refractivity contribution < 1.29 is 19.4 Å². The first-order valence-electron chi connectivity index (χ1n) is 4.28. The molecular weight excluding hydrogens is 217 g/mol. The molecule has 0 radical (unpaired) electrons. The van der Waals surface area contributed by atoms with E-state index in [9.17, 15) is 19.1 Å². The zero-order chi connectivity index (χ0) is 11.9. The van der Waals surface area contributed by atoms with Crippen LogP contribution in [0.15, 0.2) is 23.0 Å². The van der Waals surface area contributed by atoms with Gasteiger partial charge in [-0.3, -0.25) is 4.79 Å². The Labute approximate surface area is 87.8 Å². The Morgan fingerprint density at radius 2 is 2.06 bits per heavy atom. The van der Waals surface area contributed by atoms with Gasteiger partial charge in [-0.25, -0.2) is 9.18 Å². The van der Waals surface area contributed by atoms with Gasteiger partial charge in [0.15, 0.2) is 5.75 Å². The molecule has 1 heterocycles. The smallest absolute Gasteiger partial charge is 0.340 e. The molecule has 0 atom stereocenters. The standard InChI is InChI=1S/C10H6FNO4/c11-4-1-2-6-5(3-4)7(10(15)16)8(13)9(14)12-6/h1-3,13H,(H,12,14)(H,15,16). The van der Waals surface area contributed by atoms with E-state index < -0.39 is 28.7 Å². The lowest BCUT2D eigenvalue weighted by Gasteiger charge is -2.04. The molecule has 0 fully saturated rings. The highest BCUT2D eigenvalue weighted by Crippen LogP contribution is 2.22. The van der Waals surface area contributed by atoms with Gasteiger partial charge in [-0.05, 0) is 18.2 Å². The van der Waals surface area contributed by atoms with E-state index >= 15 is 0 Å². The maximum Gasteiger partial charge on any atom is 0.340 e. The molecule has 1 aromatic carbocycles. The number of H-pyrrole nitrogens is 1. The van der Waals surface area contributed by atoms with E-state index in [4.69, 9.17) is 5.11 Å². The summed E-state index contributed by atoms with van der Waals surface area (Å²) in [5.74, 6) is -3.06. The Kier molecular flexibility index (Phi) is 2.12. The molecule has 0 aliphatic heterocycles. The Morgan fingerprint density at radius 3 is 2.69 bits per heavy atom. The highest BCUT2D eigenvalue weighted by Gasteiger charge is 2.18. The monoisotopic (exact) mass is 223 g/mol. The van der Waals surface area contributed by atoms with Crippen LogP contribution in [-0.2, 0) is 0 Å². The van der Waals surface area contributed by atoms with Crippen LogP contribution in [0.3, 0.4) is 0 Å². The number of aromatic nitrogens is 1. The fourth-order valence-electron chi connectivity index (χ4n) is 1.47. The number of aromatic carboxylic acids is 1. The number of benzene rings is 1. The third-order valence-electron chi connectivity index (χ3n) is 2.16. The summed E-state index contributed by atoms with van der Waals surface area (Å²) in [6.07, 6.45) is 0. The van der Waals surface area contributed by atoms with Crippen LogP contribution in [0.4, 0.5) is 4.39 Å². The lowest BCUT2D eigenvalue weighted by molar-refractivity contribution is 0.0695. The van der Waals surface area contributed by atoms with Crippen LogP contribution in [0.25, 0.3) is 10.9 Å². The van der Waals surface area contributed by atoms with E-state index in [-0.39, 0.29) is 10.9 Å². The first-order chi connectivity index (χ1) is 7.50. The fourth-order valence-corrected chi connectivity index (χ4v) is 1.47. The normalized spacial score (nSPS) is 10.6. The predicted octanol–water partition coefficient (Wildman–Crippen LogP) is 1.07. The minimum absolute atomic E-state index is 0.0513. The molecule has 0 unspecified atom stereocenters. The summed E-state index contributed by atoms with van der Waals surface area (Å²) < 4.78 is 12.9. The molecule has 3 N–H and O–H groups in total. The Balaban J connectivity index is 3.02. The summed E-state index contributed by atoms with van der Waals surface area (Å²) in [5.41, 5.74) is -1.36. The summed E-state index contributed by atoms with van der Waals surface area (Å²) in [7, 11) is 0.